The number of aryl methyl sites for hydroxylation is 1. The highest BCUT2D eigenvalue weighted by Gasteiger charge is 2.30. The first-order valence-electron chi connectivity index (χ1n) is 14.7. The van der Waals surface area contributed by atoms with E-state index in [1.165, 1.54) is 6.92 Å². The predicted octanol–water partition coefficient (Wildman–Crippen LogP) is 3.98. The number of rotatable bonds is 11. The molecule has 10 heteroatoms. The number of nitrogens with one attached hydrogen (secondary N) is 3. The number of carbonyl (C=O) groups is 2. The number of methoxy groups -OCH3 is 3. The van der Waals surface area contributed by atoms with Crippen LogP contribution in [-0.4, -0.2) is 58.4 Å². The summed E-state index contributed by atoms with van der Waals surface area (Å²) in [5.41, 5.74) is 3.12. The van der Waals surface area contributed by atoms with E-state index < -0.39 is 12.1 Å². The molecule has 4 rings (SSSR count). The SMILES string of the molecule is CC[C@@H](C)[C@H](Nc1ccc2c(cc1=O)[C@@H](NC(C)=O)CCc1cc(OC)c(OC)c(OC)c1-2)C(=O)NCC1CCCO1. The summed E-state index contributed by atoms with van der Waals surface area (Å²) in [5.74, 6) is 1.04. The molecule has 0 spiro atoms. The molecule has 2 aromatic rings. The third kappa shape index (κ3) is 6.64. The fourth-order valence-corrected chi connectivity index (χ4v) is 5.83. The number of amides is 2. The molecule has 0 aromatic heterocycles. The van der Waals surface area contributed by atoms with E-state index >= 15 is 0 Å². The van der Waals surface area contributed by atoms with Gasteiger partial charge in [0.25, 0.3) is 0 Å². The van der Waals surface area contributed by atoms with Crippen LogP contribution < -0.4 is 35.6 Å². The van der Waals surface area contributed by atoms with Crippen LogP contribution in [0.5, 0.6) is 17.2 Å². The van der Waals surface area contributed by atoms with Gasteiger partial charge in [0, 0.05) is 25.6 Å². The zero-order chi connectivity index (χ0) is 30.4. The molecule has 1 aliphatic heterocycles. The molecule has 1 saturated heterocycles. The quantitative estimate of drug-likeness (QED) is 0.364. The predicted molar refractivity (Wildman–Crippen MR) is 162 cm³/mol. The maximum absolute atomic E-state index is 13.8. The Morgan fingerprint density at radius 2 is 1.83 bits per heavy atom. The van der Waals surface area contributed by atoms with Crippen LogP contribution in [-0.2, 0) is 20.7 Å². The molecule has 0 bridgehead atoms. The van der Waals surface area contributed by atoms with Crippen LogP contribution in [0.25, 0.3) is 11.1 Å². The van der Waals surface area contributed by atoms with Gasteiger partial charge in [-0.3, -0.25) is 14.4 Å². The summed E-state index contributed by atoms with van der Waals surface area (Å²) in [6.07, 6.45) is 3.84. The minimum Gasteiger partial charge on any atom is -0.493 e. The molecule has 228 valence electrons. The van der Waals surface area contributed by atoms with Gasteiger partial charge in [0.05, 0.1) is 39.2 Å². The van der Waals surface area contributed by atoms with E-state index in [2.05, 4.69) is 16.0 Å². The van der Waals surface area contributed by atoms with Crippen molar-refractivity contribution < 1.29 is 28.5 Å². The highest BCUT2D eigenvalue weighted by molar-refractivity contribution is 5.86. The summed E-state index contributed by atoms with van der Waals surface area (Å²) in [7, 11) is 4.68. The molecule has 2 aromatic carbocycles. The molecule has 42 heavy (non-hydrogen) atoms. The molecule has 0 saturated carbocycles. The van der Waals surface area contributed by atoms with E-state index in [4.69, 9.17) is 18.9 Å². The molecule has 10 nitrogen and oxygen atoms in total. The molecule has 2 aliphatic rings. The minimum absolute atomic E-state index is 0.0168. The van der Waals surface area contributed by atoms with Gasteiger partial charge in [0.15, 0.2) is 11.5 Å². The Balaban J connectivity index is 1.81. The van der Waals surface area contributed by atoms with Gasteiger partial charge >= 0.3 is 0 Å². The van der Waals surface area contributed by atoms with Crippen molar-refractivity contribution in [2.75, 3.05) is 39.8 Å². The van der Waals surface area contributed by atoms with Gasteiger partial charge < -0.3 is 34.9 Å². The second-order valence-corrected chi connectivity index (χ2v) is 11.0. The third-order valence-corrected chi connectivity index (χ3v) is 8.25. The summed E-state index contributed by atoms with van der Waals surface area (Å²) < 4.78 is 22.8. The van der Waals surface area contributed by atoms with Gasteiger partial charge in [-0.1, -0.05) is 26.3 Å². The largest absolute Gasteiger partial charge is 0.493 e. The van der Waals surface area contributed by atoms with E-state index in [1.807, 2.05) is 26.0 Å². The highest BCUT2D eigenvalue weighted by Crippen LogP contribution is 2.50. The summed E-state index contributed by atoms with van der Waals surface area (Å²) >= 11 is 0. The fourth-order valence-electron chi connectivity index (χ4n) is 5.83. The van der Waals surface area contributed by atoms with Gasteiger partial charge in [0.1, 0.15) is 6.04 Å². The maximum Gasteiger partial charge on any atom is 0.242 e. The molecule has 3 N–H and O–H groups in total. The third-order valence-electron chi connectivity index (χ3n) is 8.25. The van der Waals surface area contributed by atoms with E-state index in [0.29, 0.717) is 54.5 Å². The number of anilines is 1. The van der Waals surface area contributed by atoms with Crippen molar-refractivity contribution in [3.63, 3.8) is 0 Å². The number of benzene rings is 1. The zero-order valence-electron chi connectivity index (χ0n) is 25.4. The Kier molecular flexibility index (Phi) is 10.3. The summed E-state index contributed by atoms with van der Waals surface area (Å²) in [4.78, 5) is 39.3. The molecule has 1 heterocycles. The molecular weight excluding hydrogens is 538 g/mol. The normalized spacial score (nSPS) is 18.9. The molecule has 2 amide bonds. The summed E-state index contributed by atoms with van der Waals surface area (Å²) in [6, 6.07) is 5.99. The first-order valence-corrected chi connectivity index (χ1v) is 14.7. The molecule has 1 unspecified atom stereocenters. The first kappa shape index (κ1) is 31.2. The molecule has 1 aliphatic carbocycles. The molecule has 0 radical (unpaired) electrons. The average Bonchev–Trinajstić information content (AvgIpc) is 3.40. The van der Waals surface area contributed by atoms with E-state index in [0.717, 1.165) is 36.0 Å². The van der Waals surface area contributed by atoms with Gasteiger partial charge in [0.2, 0.25) is 23.0 Å². The second kappa shape index (κ2) is 13.9. The Bertz CT molecular complexity index is 1360. The van der Waals surface area contributed by atoms with E-state index in [9.17, 15) is 14.4 Å². The Morgan fingerprint density at radius 1 is 1.07 bits per heavy atom. The highest BCUT2D eigenvalue weighted by atomic mass is 16.5. The number of fused-ring (bicyclic) bond motifs is 3. The Labute approximate surface area is 247 Å². The Hall–Kier alpha value is -3.79. The van der Waals surface area contributed by atoms with Crippen molar-refractivity contribution in [3.05, 3.63) is 45.6 Å². The lowest BCUT2D eigenvalue weighted by Crippen LogP contribution is -2.46. The van der Waals surface area contributed by atoms with Gasteiger partial charge in [-0.25, -0.2) is 0 Å². The lowest BCUT2D eigenvalue weighted by atomic mass is 9.95. The second-order valence-electron chi connectivity index (χ2n) is 11.0. The molecule has 4 atom stereocenters. The van der Waals surface area contributed by atoms with Crippen LogP contribution >= 0.6 is 0 Å². The lowest BCUT2D eigenvalue weighted by molar-refractivity contribution is -0.123. The minimum atomic E-state index is -0.622. The van der Waals surface area contributed by atoms with Crippen molar-refractivity contribution in [3.8, 4) is 28.4 Å². The van der Waals surface area contributed by atoms with Crippen molar-refractivity contribution in [1.82, 2.24) is 10.6 Å². The number of hydrogen-bond donors (Lipinski definition) is 3. The Morgan fingerprint density at radius 3 is 2.45 bits per heavy atom. The van der Waals surface area contributed by atoms with E-state index in [1.54, 1.807) is 33.5 Å². The topological polar surface area (TPSA) is 124 Å². The van der Waals surface area contributed by atoms with Gasteiger partial charge in [-0.15, -0.1) is 0 Å². The molecule has 1 fully saturated rings. The lowest BCUT2D eigenvalue weighted by Gasteiger charge is -2.24. The monoisotopic (exact) mass is 581 g/mol. The van der Waals surface area contributed by atoms with Crippen LogP contribution in [0, 0.1) is 5.92 Å². The maximum atomic E-state index is 13.8. The number of carbonyl (C=O) groups excluding carboxylic acids is 2. The van der Waals surface area contributed by atoms with Gasteiger partial charge in [-0.05, 0) is 66.5 Å². The summed E-state index contributed by atoms with van der Waals surface area (Å²) in [6.45, 7) is 6.62. The summed E-state index contributed by atoms with van der Waals surface area (Å²) in [5, 5.41) is 9.29. The number of hydrogen-bond acceptors (Lipinski definition) is 8. The van der Waals surface area contributed by atoms with Crippen LogP contribution in [0.4, 0.5) is 5.69 Å². The van der Waals surface area contributed by atoms with Crippen molar-refractivity contribution in [2.24, 2.45) is 5.92 Å². The fraction of sp³-hybridized carbons (Fsp3) is 0.531. The van der Waals surface area contributed by atoms with Crippen LogP contribution in [0.2, 0.25) is 0 Å². The number of ether oxygens (including phenoxy) is 4. The van der Waals surface area contributed by atoms with Crippen LogP contribution in [0.3, 0.4) is 0 Å². The van der Waals surface area contributed by atoms with Crippen molar-refractivity contribution in [2.45, 2.75) is 71.1 Å². The van der Waals surface area contributed by atoms with Crippen LogP contribution in [0.15, 0.2) is 29.1 Å². The average molecular weight is 582 g/mol. The standard InChI is InChI=1S/C32H43N3O7/c1-7-18(2)29(32(38)33-17-21-9-8-14-42-21)35-25-13-11-22-23(16-26(25)37)24(34-19(3)36)12-10-20-15-27(39-4)30(40-5)31(41-6)28(20)22/h11,13,15-16,18,21,24,29H,7-10,12,14,17H2,1-6H3,(H,33,38)(H,34,36)(H,35,37)/t18-,21?,24+,29+/m1/s1. The zero-order valence-corrected chi connectivity index (χ0v) is 25.4. The molecular formula is C32H43N3O7. The first-order chi connectivity index (χ1) is 20.2. The van der Waals surface area contributed by atoms with Crippen LogP contribution in [0.1, 0.15) is 63.6 Å². The van der Waals surface area contributed by atoms with Gasteiger partial charge in [-0.2, -0.15) is 0 Å². The smallest absolute Gasteiger partial charge is 0.242 e. The van der Waals surface area contributed by atoms with Crippen molar-refractivity contribution in [1.29, 1.82) is 0 Å². The van der Waals surface area contributed by atoms with E-state index in [-0.39, 0.29) is 29.3 Å². The van der Waals surface area contributed by atoms with Crippen molar-refractivity contribution >= 4 is 17.5 Å².